The Hall–Kier alpha value is -0.830. The smallest absolute Gasteiger partial charge is 0.0492 e. The predicted octanol–water partition coefficient (Wildman–Crippen LogP) is 5.13. The molecular formula is C15H18ClNS. The Bertz CT molecular complexity index is 507. The van der Waals surface area contributed by atoms with E-state index >= 15 is 0 Å². The van der Waals surface area contributed by atoms with E-state index in [1.807, 2.05) is 29.5 Å². The van der Waals surface area contributed by atoms with Gasteiger partial charge in [-0.2, -0.15) is 0 Å². The average molecular weight is 280 g/mol. The average Bonchev–Trinajstić information content (AvgIpc) is 2.85. The van der Waals surface area contributed by atoms with Gasteiger partial charge in [-0.05, 0) is 31.2 Å². The minimum Gasteiger partial charge on any atom is -0.310 e. The standard InChI is InChI=1S/C15H18ClNS/c1-3-13(17-4-2)15-10-9-14(18-15)11-7-5-6-8-12(11)16/h5-10,13,17H,3-4H2,1-2H3. The summed E-state index contributed by atoms with van der Waals surface area (Å²) >= 11 is 8.06. The van der Waals surface area contributed by atoms with Gasteiger partial charge in [-0.1, -0.05) is 43.6 Å². The lowest BCUT2D eigenvalue weighted by molar-refractivity contribution is 0.545. The van der Waals surface area contributed by atoms with Gasteiger partial charge in [0.25, 0.3) is 0 Å². The predicted molar refractivity (Wildman–Crippen MR) is 81.5 cm³/mol. The topological polar surface area (TPSA) is 12.0 Å². The molecule has 0 aliphatic rings. The number of nitrogens with one attached hydrogen (secondary N) is 1. The maximum atomic E-state index is 6.23. The Morgan fingerprint density at radius 1 is 1.17 bits per heavy atom. The fourth-order valence-corrected chi connectivity index (χ4v) is 3.54. The lowest BCUT2D eigenvalue weighted by Gasteiger charge is -2.13. The molecule has 0 aliphatic heterocycles. The summed E-state index contributed by atoms with van der Waals surface area (Å²) in [5.74, 6) is 0. The Kier molecular flexibility index (Phi) is 4.81. The summed E-state index contributed by atoms with van der Waals surface area (Å²) in [6.45, 7) is 5.35. The van der Waals surface area contributed by atoms with E-state index in [9.17, 15) is 0 Å². The summed E-state index contributed by atoms with van der Waals surface area (Å²) in [5.41, 5.74) is 1.13. The Labute approximate surface area is 118 Å². The molecule has 0 saturated heterocycles. The van der Waals surface area contributed by atoms with Crippen molar-refractivity contribution < 1.29 is 0 Å². The van der Waals surface area contributed by atoms with Crippen molar-refractivity contribution in [3.8, 4) is 10.4 Å². The van der Waals surface area contributed by atoms with Gasteiger partial charge in [0.1, 0.15) is 0 Å². The lowest BCUT2D eigenvalue weighted by atomic mass is 10.1. The quantitative estimate of drug-likeness (QED) is 0.800. The van der Waals surface area contributed by atoms with Gasteiger partial charge in [-0.15, -0.1) is 11.3 Å². The second-order valence-electron chi connectivity index (χ2n) is 4.20. The van der Waals surface area contributed by atoms with Gasteiger partial charge >= 0.3 is 0 Å². The van der Waals surface area contributed by atoms with Gasteiger partial charge in [0.15, 0.2) is 0 Å². The number of thiophene rings is 1. The van der Waals surface area contributed by atoms with E-state index in [0.29, 0.717) is 6.04 Å². The minimum absolute atomic E-state index is 0.455. The van der Waals surface area contributed by atoms with Crippen LogP contribution in [0.4, 0.5) is 0 Å². The van der Waals surface area contributed by atoms with Crippen LogP contribution in [-0.4, -0.2) is 6.54 Å². The van der Waals surface area contributed by atoms with Crippen LogP contribution in [0.15, 0.2) is 36.4 Å². The van der Waals surface area contributed by atoms with E-state index in [0.717, 1.165) is 23.6 Å². The van der Waals surface area contributed by atoms with E-state index in [2.05, 4.69) is 37.4 Å². The normalized spacial score (nSPS) is 12.6. The zero-order valence-corrected chi connectivity index (χ0v) is 12.3. The molecule has 2 rings (SSSR count). The Balaban J connectivity index is 2.28. The van der Waals surface area contributed by atoms with Gasteiger partial charge in [0.05, 0.1) is 0 Å². The van der Waals surface area contributed by atoms with Gasteiger partial charge in [0.2, 0.25) is 0 Å². The summed E-state index contributed by atoms with van der Waals surface area (Å²) in [7, 11) is 0. The highest BCUT2D eigenvalue weighted by atomic mass is 35.5. The molecule has 3 heteroatoms. The first kappa shape index (κ1) is 13.6. The number of rotatable bonds is 5. The number of benzene rings is 1. The molecule has 0 amide bonds. The van der Waals surface area contributed by atoms with E-state index < -0.39 is 0 Å². The molecule has 1 aromatic carbocycles. The van der Waals surface area contributed by atoms with Crippen LogP contribution < -0.4 is 5.32 Å². The summed E-state index contributed by atoms with van der Waals surface area (Å²) < 4.78 is 0. The third kappa shape index (κ3) is 2.94. The molecule has 1 atom stereocenters. The zero-order chi connectivity index (χ0) is 13.0. The van der Waals surface area contributed by atoms with Crippen molar-refractivity contribution in [1.29, 1.82) is 0 Å². The summed E-state index contributed by atoms with van der Waals surface area (Å²) in [6.07, 6.45) is 1.11. The second kappa shape index (κ2) is 6.37. The van der Waals surface area contributed by atoms with Crippen LogP contribution in [0, 0.1) is 0 Å². The van der Waals surface area contributed by atoms with Crippen LogP contribution in [0.25, 0.3) is 10.4 Å². The molecule has 0 bridgehead atoms. The molecule has 1 heterocycles. The third-order valence-corrected chi connectivity index (χ3v) is 4.53. The Morgan fingerprint density at radius 2 is 1.94 bits per heavy atom. The minimum atomic E-state index is 0.455. The van der Waals surface area contributed by atoms with E-state index in [-0.39, 0.29) is 0 Å². The molecular weight excluding hydrogens is 262 g/mol. The first-order valence-corrected chi connectivity index (χ1v) is 7.53. The fraction of sp³-hybridized carbons (Fsp3) is 0.333. The van der Waals surface area contributed by atoms with Crippen molar-refractivity contribution in [2.45, 2.75) is 26.3 Å². The highest BCUT2D eigenvalue weighted by Gasteiger charge is 2.12. The van der Waals surface area contributed by atoms with Gasteiger partial charge < -0.3 is 5.32 Å². The van der Waals surface area contributed by atoms with Crippen molar-refractivity contribution in [2.75, 3.05) is 6.54 Å². The van der Waals surface area contributed by atoms with Crippen molar-refractivity contribution in [3.63, 3.8) is 0 Å². The molecule has 1 unspecified atom stereocenters. The van der Waals surface area contributed by atoms with Crippen LogP contribution in [0.3, 0.4) is 0 Å². The highest BCUT2D eigenvalue weighted by molar-refractivity contribution is 7.15. The molecule has 0 fully saturated rings. The molecule has 96 valence electrons. The number of halogens is 1. The van der Waals surface area contributed by atoms with Crippen molar-refractivity contribution >= 4 is 22.9 Å². The van der Waals surface area contributed by atoms with E-state index in [1.54, 1.807) is 0 Å². The molecule has 0 spiro atoms. The molecule has 1 nitrogen and oxygen atoms in total. The van der Waals surface area contributed by atoms with Crippen LogP contribution in [-0.2, 0) is 0 Å². The van der Waals surface area contributed by atoms with Crippen LogP contribution in [0.2, 0.25) is 5.02 Å². The summed E-state index contributed by atoms with van der Waals surface area (Å²) in [5, 5.41) is 4.33. The zero-order valence-electron chi connectivity index (χ0n) is 10.7. The summed E-state index contributed by atoms with van der Waals surface area (Å²) in [6, 6.07) is 12.8. The molecule has 18 heavy (non-hydrogen) atoms. The molecule has 1 N–H and O–H groups in total. The van der Waals surface area contributed by atoms with Crippen LogP contribution >= 0.6 is 22.9 Å². The molecule has 1 aromatic heterocycles. The fourth-order valence-electron chi connectivity index (χ4n) is 2.04. The third-order valence-electron chi connectivity index (χ3n) is 2.97. The highest BCUT2D eigenvalue weighted by Crippen LogP contribution is 2.35. The van der Waals surface area contributed by atoms with Gasteiger partial charge in [-0.25, -0.2) is 0 Å². The van der Waals surface area contributed by atoms with Crippen LogP contribution in [0.5, 0.6) is 0 Å². The monoisotopic (exact) mass is 279 g/mol. The van der Waals surface area contributed by atoms with Crippen molar-refractivity contribution in [2.24, 2.45) is 0 Å². The first-order chi connectivity index (χ1) is 8.76. The molecule has 0 aliphatic carbocycles. The maximum Gasteiger partial charge on any atom is 0.0492 e. The van der Waals surface area contributed by atoms with Gasteiger partial charge in [0, 0.05) is 26.4 Å². The SMILES string of the molecule is CCNC(CC)c1ccc(-c2ccccc2Cl)s1. The second-order valence-corrected chi connectivity index (χ2v) is 5.72. The van der Waals surface area contributed by atoms with Gasteiger partial charge in [-0.3, -0.25) is 0 Å². The summed E-state index contributed by atoms with van der Waals surface area (Å²) in [4.78, 5) is 2.63. The van der Waals surface area contributed by atoms with Crippen molar-refractivity contribution in [3.05, 3.63) is 46.3 Å². The number of hydrogen-bond donors (Lipinski definition) is 1. The first-order valence-electron chi connectivity index (χ1n) is 6.34. The van der Waals surface area contributed by atoms with E-state index in [1.165, 1.54) is 9.75 Å². The molecule has 0 saturated carbocycles. The maximum absolute atomic E-state index is 6.23. The van der Waals surface area contributed by atoms with Crippen molar-refractivity contribution in [1.82, 2.24) is 5.32 Å². The lowest BCUT2D eigenvalue weighted by Crippen LogP contribution is -2.18. The van der Waals surface area contributed by atoms with E-state index in [4.69, 9.17) is 11.6 Å². The van der Waals surface area contributed by atoms with Crippen LogP contribution in [0.1, 0.15) is 31.2 Å². The Morgan fingerprint density at radius 3 is 2.61 bits per heavy atom. The molecule has 2 aromatic rings. The largest absolute Gasteiger partial charge is 0.310 e. The molecule has 0 radical (unpaired) electrons. The number of hydrogen-bond acceptors (Lipinski definition) is 2.